The van der Waals surface area contributed by atoms with Crippen LogP contribution < -0.4 is 5.32 Å². The monoisotopic (exact) mass is 502 g/mol. The number of carboxylic acids is 2. The lowest BCUT2D eigenvalue weighted by molar-refractivity contribution is 0.0684. The first-order valence-corrected chi connectivity index (χ1v) is 11.8. The van der Waals surface area contributed by atoms with Crippen LogP contribution in [0, 0.1) is 6.92 Å². The van der Waals surface area contributed by atoms with Crippen molar-refractivity contribution in [3.63, 3.8) is 0 Å². The average molecular weight is 503 g/mol. The van der Waals surface area contributed by atoms with Crippen LogP contribution in [0.25, 0.3) is 0 Å². The van der Waals surface area contributed by atoms with Crippen LogP contribution in [-0.2, 0) is 6.54 Å². The Morgan fingerprint density at radius 1 is 0.946 bits per heavy atom. The van der Waals surface area contributed by atoms with Gasteiger partial charge in [-0.25, -0.2) is 19.6 Å². The quantitative estimate of drug-likeness (QED) is 0.446. The Labute approximate surface area is 213 Å². The lowest BCUT2D eigenvalue weighted by atomic mass is 9.90. The molecule has 3 N–H and O–H groups in total. The van der Waals surface area contributed by atoms with Gasteiger partial charge in [0, 0.05) is 37.3 Å². The van der Waals surface area contributed by atoms with Gasteiger partial charge in [0.25, 0.3) is 11.8 Å². The predicted octanol–water partition coefficient (Wildman–Crippen LogP) is 3.13. The third kappa shape index (κ3) is 5.97. The van der Waals surface area contributed by atoms with E-state index in [2.05, 4.69) is 15.3 Å². The van der Waals surface area contributed by atoms with Crippen LogP contribution in [0.2, 0.25) is 0 Å². The van der Waals surface area contributed by atoms with E-state index in [4.69, 9.17) is 0 Å². The molecule has 0 radical (unpaired) electrons. The summed E-state index contributed by atoms with van der Waals surface area (Å²) in [5.41, 5.74) is 2.14. The van der Waals surface area contributed by atoms with Crippen molar-refractivity contribution in [3.8, 4) is 0 Å². The van der Waals surface area contributed by atoms with Crippen LogP contribution in [0.3, 0.4) is 0 Å². The number of carboxylic acid groups (broad SMARTS) is 2. The molecule has 10 nitrogen and oxygen atoms in total. The zero-order valence-electron chi connectivity index (χ0n) is 20.2. The Morgan fingerprint density at radius 2 is 1.57 bits per heavy atom. The van der Waals surface area contributed by atoms with Crippen molar-refractivity contribution in [1.29, 1.82) is 0 Å². The molecule has 0 saturated carbocycles. The minimum Gasteiger partial charge on any atom is -0.478 e. The zero-order chi connectivity index (χ0) is 26.5. The van der Waals surface area contributed by atoms with Gasteiger partial charge < -0.3 is 20.4 Å². The normalized spacial score (nSPS) is 13.7. The van der Waals surface area contributed by atoms with Gasteiger partial charge in [-0.05, 0) is 55.7 Å². The van der Waals surface area contributed by atoms with E-state index in [1.165, 1.54) is 30.5 Å². The summed E-state index contributed by atoms with van der Waals surface area (Å²) >= 11 is 0. The maximum Gasteiger partial charge on any atom is 0.335 e. The highest BCUT2D eigenvalue weighted by atomic mass is 16.4. The van der Waals surface area contributed by atoms with E-state index in [0.29, 0.717) is 54.1 Å². The second-order valence-electron chi connectivity index (χ2n) is 8.86. The number of nitrogens with zero attached hydrogens (tertiary/aromatic N) is 3. The molecule has 0 atom stereocenters. The number of hydrogen-bond acceptors (Lipinski definition) is 6. The summed E-state index contributed by atoms with van der Waals surface area (Å²) in [6.07, 6.45) is 2.67. The maximum atomic E-state index is 13.0. The van der Waals surface area contributed by atoms with Crippen molar-refractivity contribution in [2.75, 3.05) is 13.1 Å². The van der Waals surface area contributed by atoms with Crippen LogP contribution in [0.15, 0.2) is 54.7 Å². The SMILES string of the molecule is Cc1ncc(C(=O)NCc2cccc(C(=O)O)c2)c(C2CCN(C(=O)c3cccc(C(=O)O)c3)CC2)n1. The minimum atomic E-state index is -1.09. The smallest absolute Gasteiger partial charge is 0.335 e. The lowest BCUT2D eigenvalue weighted by Crippen LogP contribution is -2.38. The number of amides is 2. The number of nitrogens with one attached hydrogen (secondary N) is 1. The lowest BCUT2D eigenvalue weighted by Gasteiger charge is -2.32. The van der Waals surface area contributed by atoms with Gasteiger partial charge >= 0.3 is 11.9 Å². The predicted molar refractivity (Wildman–Crippen MR) is 133 cm³/mol. The van der Waals surface area contributed by atoms with E-state index in [1.54, 1.807) is 36.1 Å². The second kappa shape index (κ2) is 11.0. The average Bonchev–Trinajstić information content (AvgIpc) is 2.91. The van der Waals surface area contributed by atoms with Crippen molar-refractivity contribution in [2.24, 2.45) is 0 Å². The topological polar surface area (TPSA) is 150 Å². The largest absolute Gasteiger partial charge is 0.478 e. The summed E-state index contributed by atoms with van der Waals surface area (Å²) in [5.74, 6) is -2.26. The number of rotatable bonds is 7. The van der Waals surface area contributed by atoms with Crippen molar-refractivity contribution in [2.45, 2.75) is 32.2 Å². The van der Waals surface area contributed by atoms with Gasteiger partial charge in [0.05, 0.1) is 22.4 Å². The van der Waals surface area contributed by atoms with E-state index in [0.717, 1.165) is 0 Å². The summed E-state index contributed by atoms with van der Waals surface area (Å²) in [4.78, 5) is 58.8. The molecule has 190 valence electrons. The summed E-state index contributed by atoms with van der Waals surface area (Å²) < 4.78 is 0. The number of carbonyl (C=O) groups is 4. The molecule has 10 heteroatoms. The van der Waals surface area contributed by atoms with Gasteiger partial charge in [-0.1, -0.05) is 18.2 Å². The first-order chi connectivity index (χ1) is 17.7. The first kappa shape index (κ1) is 25.5. The molecule has 1 saturated heterocycles. The van der Waals surface area contributed by atoms with E-state index < -0.39 is 11.9 Å². The van der Waals surface area contributed by atoms with Crippen molar-refractivity contribution in [3.05, 3.63) is 94.1 Å². The van der Waals surface area contributed by atoms with Gasteiger partial charge in [-0.3, -0.25) is 9.59 Å². The number of likely N-dealkylation sites (tertiary alicyclic amines) is 1. The molecule has 1 fully saturated rings. The molecule has 0 unspecified atom stereocenters. The van der Waals surface area contributed by atoms with Gasteiger partial charge in [0.1, 0.15) is 5.82 Å². The Kier molecular flexibility index (Phi) is 7.57. The number of aromatic carboxylic acids is 2. The molecule has 1 aliphatic rings. The van der Waals surface area contributed by atoms with Crippen molar-refractivity contribution in [1.82, 2.24) is 20.2 Å². The van der Waals surface area contributed by atoms with E-state index in [9.17, 15) is 29.4 Å². The number of aromatic nitrogens is 2. The molecule has 4 rings (SSSR count). The molecule has 0 aliphatic carbocycles. The molecule has 37 heavy (non-hydrogen) atoms. The van der Waals surface area contributed by atoms with Crippen LogP contribution in [0.1, 0.15) is 77.3 Å². The van der Waals surface area contributed by atoms with Crippen LogP contribution in [0.4, 0.5) is 0 Å². The molecule has 2 aromatic carbocycles. The van der Waals surface area contributed by atoms with Crippen molar-refractivity contribution >= 4 is 23.8 Å². The zero-order valence-corrected chi connectivity index (χ0v) is 20.2. The minimum absolute atomic E-state index is 0.0579. The number of carbonyl (C=O) groups excluding carboxylic acids is 2. The Hall–Kier alpha value is -4.60. The molecule has 1 aromatic heterocycles. The highest BCUT2D eigenvalue weighted by molar-refractivity contribution is 5.97. The number of aryl methyl sites for hydroxylation is 1. The van der Waals surface area contributed by atoms with Crippen LogP contribution in [-0.4, -0.2) is 61.9 Å². The molecule has 0 bridgehead atoms. The standard InChI is InChI=1S/C27H26N4O6/c1-16-28-15-22(24(32)29-14-17-4-2-6-20(12-17)26(34)35)23(30-16)18-8-10-31(11-9-18)25(33)19-5-3-7-21(13-19)27(36)37/h2-7,12-13,15,18H,8-11,14H2,1H3,(H,29,32)(H,34,35)(H,36,37). The first-order valence-electron chi connectivity index (χ1n) is 11.8. The molecule has 0 spiro atoms. The fourth-order valence-corrected chi connectivity index (χ4v) is 4.39. The molecule has 2 heterocycles. The maximum absolute atomic E-state index is 13.0. The summed E-state index contributed by atoms with van der Waals surface area (Å²) in [7, 11) is 0. The number of benzene rings is 2. The highest BCUT2D eigenvalue weighted by Crippen LogP contribution is 2.30. The van der Waals surface area contributed by atoms with Crippen molar-refractivity contribution < 1.29 is 29.4 Å². The number of hydrogen-bond donors (Lipinski definition) is 3. The van der Waals surface area contributed by atoms with E-state index in [1.807, 2.05) is 0 Å². The summed E-state index contributed by atoms with van der Waals surface area (Å²) in [5, 5.41) is 21.2. The second-order valence-corrected chi connectivity index (χ2v) is 8.86. The molecular weight excluding hydrogens is 476 g/mol. The van der Waals surface area contributed by atoms with Gasteiger partial charge in [0.2, 0.25) is 0 Å². The third-order valence-electron chi connectivity index (χ3n) is 6.34. The van der Waals surface area contributed by atoms with E-state index in [-0.39, 0.29) is 35.4 Å². The Balaban J connectivity index is 1.44. The number of piperidine rings is 1. The Bertz CT molecular complexity index is 1360. The molecule has 2 amide bonds. The van der Waals surface area contributed by atoms with Gasteiger partial charge in [-0.15, -0.1) is 0 Å². The molecule has 3 aromatic rings. The van der Waals surface area contributed by atoms with Crippen LogP contribution in [0.5, 0.6) is 0 Å². The molecular formula is C27H26N4O6. The highest BCUT2D eigenvalue weighted by Gasteiger charge is 2.29. The van der Waals surface area contributed by atoms with E-state index >= 15 is 0 Å². The fraction of sp³-hybridized carbons (Fsp3) is 0.259. The summed E-state index contributed by atoms with van der Waals surface area (Å²) in [6.45, 7) is 2.77. The van der Waals surface area contributed by atoms with Gasteiger partial charge in [-0.2, -0.15) is 0 Å². The Morgan fingerprint density at radius 3 is 2.24 bits per heavy atom. The third-order valence-corrected chi connectivity index (χ3v) is 6.34. The van der Waals surface area contributed by atoms with Gasteiger partial charge in [0.15, 0.2) is 0 Å². The molecule has 1 aliphatic heterocycles. The fourth-order valence-electron chi connectivity index (χ4n) is 4.39. The summed E-state index contributed by atoms with van der Waals surface area (Å²) in [6, 6.07) is 12.3. The van der Waals surface area contributed by atoms with Crippen LogP contribution >= 0.6 is 0 Å².